The second kappa shape index (κ2) is 21.9. The first-order chi connectivity index (χ1) is 28.3. The highest BCUT2D eigenvalue weighted by atomic mass is 33.1. The van der Waals surface area contributed by atoms with Crippen LogP contribution < -0.4 is 43.4 Å². The van der Waals surface area contributed by atoms with Gasteiger partial charge in [0.2, 0.25) is 41.4 Å². The Balaban J connectivity index is 1.51. The van der Waals surface area contributed by atoms with Crippen LogP contribution in [-0.4, -0.2) is 118 Å². The average Bonchev–Trinajstić information content (AvgIpc) is 3.86. The summed E-state index contributed by atoms with van der Waals surface area (Å²) in [6.45, 7) is 1.78. The van der Waals surface area contributed by atoms with Gasteiger partial charge in [-0.25, -0.2) is 0 Å². The van der Waals surface area contributed by atoms with Gasteiger partial charge < -0.3 is 53.3 Å². The smallest absolute Gasteiger partial charge is 0.246 e. The number of primary amides is 1. The van der Waals surface area contributed by atoms with Gasteiger partial charge in [-0.15, -0.1) is 0 Å². The number of hydrogen-bond acceptors (Lipinski definition) is 10. The Hall–Kier alpha value is -4.98. The third kappa shape index (κ3) is 13.0. The lowest BCUT2D eigenvalue weighted by molar-refractivity contribution is -0.141. The van der Waals surface area contributed by atoms with Gasteiger partial charge in [-0.05, 0) is 49.7 Å². The molecule has 2 saturated heterocycles. The molecule has 2 aromatic rings. The van der Waals surface area contributed by atoms with Gasteiger partial charge in [0.25, 0.3) is 0 Å². The molecule has 6 atom stereocenters. The molecule has 0 spiro atoms. The highest BCUT2D eigenvalue weighted by molar-refractivity contribution is 8.76. The quantitative estimate of drug-likeness (QED) is 0.0670. The lowest BCUT2D eigenvalue weighted by atomic mass is 9.84. The molecule has 322 valence electrons. The van der Waals surface area contributed by atoms with Crippen LogP contribution in [0, 0.1) is 11.3 Å². The van der Waals surface area contributed by atoms with E-state index in [-0.39, 0.29) is 55.7 Å². The molecule has 2 aliphatic heterocycles. The summed E-state index contributed by atoms with van der Waals surface area (Å²) in [6, 6.07) is 0.988. The third-order valence-corrected chi connectivity index (χ3v) is 13.4. The summed E-state index contributed by atoms with van der Waals surface area (Å²) in [5.74, 6) is -4.22. The number of benzene rings is 1. The van der Waals surface area contributed by atoms with Crippen LogP contribution in [0.3, 0.4) is 0 Å². The number of carbonyl (C=O) groups excluding carboxylic acids is 7. The molecule has 1 unspecified atom stereocenters. The van der Waals surface area contributed by atoms with E-state index in [9.17, 15) is 33.6 Å². The molecule has 1 saturated carbocycles. The molecule has 1 aliphatic carbocycles. The Bertz CT molecular complexity index is 1860. The van der Waals surface area contributed by atoms with Crippen molar-refractivity contribution in [1.82, 2.24) is 41.8 Å². The van der Waals surface area contributed by atoms with Gasteiger partial charge in [-0.3, -0.25) is 39.0 Å². The van der Waals surface area contributed by atoms with Gasteiger partial charge in [0.15, 0.2) is 5.96 Å². The third-order valence-electron chi connectivity index (χ3n) is 11.0. The van der Waals surface area contributed by atoms with Gasteiger partial charge in [-0.1, -0.05) is 71.9 Å². The molecule has 7 amide bonds. The molecule has 0 bridgehead atoms. The van der Waals surface area contributed by atoms with Crippen molar-refractivity contribution in [3.63, 3.8) is 0 Å². The zero-order valence-electron chi connectivity index (χ0n) is 33.3. The van der Waals surface area contributed by atoms with Crippen LogP contribution in [0.2, 0.25) is 0 Å². The number of fused-ring (bicyclic) bond motifs is 2. The number of guanidine groups is 1. The van der Waals surface area contributed by atoms with Crippen LogP contribution >= 0.6 is 21.6 Å². The van der Waals surface area contributed by atoms with Crippen LogP contribution in [0.15, 0.2) is 30.5 Å². The van der Waals surface area contributed by atoms with E-state index in [1.165, 1.54) is 22.6 Å². The van der Waals surface area contributed by atoms with Crippen molar-refractivity contribution in [2.75, 3.05) is 24.6 Å². The predicted octanol–water partition coefficient (Wildman–Crippen LogP) is 0.259. The molecule has 1 aromatic carbocycles. The Morgan fingerprint density at radius 3 is 2.25 bits per heavy atom. The van der Waals surface area contributed by atoms with Gasteiger partial charge >= 0.3 is 0 Å². The highest BCUT2D eigenvalue weighted by Gasteiger charge is 2.40. The second-order valence-corrected chi connectivity index (χ2v) is 18.0. The summed E-state index contributed by atoms with van der Waals surface area (Å²) in [7, 11) is 2.35. The van der Waals surface area contributed by atoms with Crippen molar-refractivity contribution >= 4 is 79.8 Å². The maximum absolute atomic E-state index is 14.5. The summed E-state index contributed by atoms with van der Waals surface area (Å²) in [4.78, 5) is 100. The number of amides is 7. The predicted molar refractivity (Wildman–Crippen MR) is 227 cm³/mol. The van der Waals surface area contributed by atoms with Crippen molar-refractivity contribution in [3.05, 3.63) is 36.0 Å². The number of rotatable bonds is 10. The Labute approximate surface area is 351 Å². The van der Waals surface area contributed by atoms with Gasteiger partial charge in [0.05, 0.1) is 0 Å². The summed E-state index contributed by atoms with van der Waals surface area (Å²) < 4.78 is 0. The first-order valence-electron chi connectivity index (χ1n) is 20.3. The van der Waals surface area contributed by atoms with E-state index in [0.717, 1.165) is 59.4 Å². The van der Waals surface area contributed by atoms with Crippen LogP contribution in [0.5, 0.6) is 0 Å². The molecule has 59 heavy (non-hydrogen) atoms. The van der Waals surface area contributed by atoms with Crippen LogP contribution in [-0.2, 0) is 40.0 Å². The minimum atomic E-state index is -1.22. The van der Waals surface area contributed by atoms with Crippen molar-refractivity contribution in [2.45, 2.75) is 114 Å². The Kier molecular flexibility index (Phi) is 16.7. The molecule has 1 aromatic heterocycles. The monoisotopic (exact) mass is 855 g/mol. The summed E-state index contributed by atoms with van der Waals surface area (Å²) in [5.41, 5.74) is 12.7. The Morgan fingerprint density at radius 2 is 1.53 bits per heavy atom. The van der Waals surface area contributed by atoms with Crippen molar-refractivity contribution in [2.24, 2.45) is 17.4 Å². The lowest BCUT2D eigenvalue weighted by Crippen LogP contribution is -2.60. The van der Waals surface area contributed by atoms with Crippen molar-refractivity contribution in [1.29, 1.82) is 5.41 Å². The van der Waals surface area contributed by atoms with Gasteiger partial charge in [0.1, 0.15) is 36.3 Å². The fourth-order valence-corrected chi connectivity index (χ4v) is 10.3. The number of H-pyrrole nitrogens is 1. The number of hydrogen-bond donors (Lipinski definition) is 10. The lowest BCUT2D eigenvalue weighted by Gasteiger charge is -2.32. The maximum Gasteiger partial charge on any atom is 0.246 e. The first kappa shape index (κ1) is 45.1. The molecule has 20 heteroatoms. The van der Waals surface area contributed by atoms with E-state index < -0.39 is 77.6 Å². The van der Waals surface area contributed by atoms with Crippen LogP contribution in [0.25, 0.3) is 10.9 Å². The average molecular weight is 856 g/mol. The fraction of sp³-hybridized carbons (Fsp3) is 0.590. The van der Waals surface area contributed by atoms with E-state index in [1.54, 1.807) is 6.20 Å². The summed E-state index contributed by atoms with van der Waals surface area (Å²) >= 11 is 0. The first-order valence-corrected chi connectivity index (χ1v) is 22.7. The number of aromatic amines is 1. The zero-order valence-corrected chi connectivity index (χ0v) is 34.9. The van der Waals surface area contributed by atoms with E-state index in [4.69, 9.17) is 16.9 Å². The minimum absolute atomic E-state index is 0.00431. The summed E-state index contributed by atoms with van der Waals surface area (Å²) in [5, 5.41) is 25.0. The fourth-order valence-electron chi connectivity index (χ4n) is 7.95. The molecular formula is C39H57N11O7S2. The standard InChI is InChI=1S/C39H57N11O7S2/c1-22(51)45-31-21-59-58-20-30(33(40)52)49-34(53)27(13-7-15-43-39(41)42)46-36(55)29(18-24-19-44-26-12-6-5-11-25(24)26)47-35(54)28(17-23-9-3-2-4-10-23)48-37(56)32-14-8-16-50(32)38(31)57/h5-6,11-12,19,23,27-32,44H,2-4,7-10,13-18,20-21H2,1H3,(H2,40,52)(H,45,51)(H,46,55)(H,47,54)(H,48,56)(H,49,53)(H4,41,42,43)/t27?,28-,29+,30+,31+,32+/m1/s1. The van der Waals surface area contributed by atoms with E-state index in [1.807, 2.05) is 24.3 Å². The Morgan fingerprint density at radius 1 is 0.847 bits per heavy atom. The minimum Gasteiger partial charge on any atom is -0.370 e. The van der Waals surface area contributed by atoms with Crippen molar-refractivity contribution in [3.8, 4) is 0 Å². The number of nitrogens with two attached hydrogens (primary N) is 2. The zero-order chi connectivity index (χ0) is 42.5. The van der Waals surface area contributed by atoms with Crippen LogP contribution in [0.1, 0.15) is 76.7 Å². The number of para-hydroxylation sites is 1. The normalized spacial score (nSPS) is 25.8. The number of carbonyl (C=O) groups is 7. The molecule has 18 nitrogen and oxygen atoms in total. The van der Waals surface area contributed by atoms with E-state index >= 15 is 0 Å². The topological polar surface area (TPSA) is 287 Å². The number of nitrogens with zero attached hydrogens (tertiary/aromatic N) is 1. The molecule has 12 N–H and O–H groups in total. The molecule has 3 aliphatic rings. The van der Waals surface area contributed by atoms with Crippen LogP contribution in [0.4, 0.5) is 0 Å². The second-order valence-electron chi connectivity index (χ2n) is 15.4. The highest BCUT2D eigenvalue weighted by Crippen LogP contribution is 2.29. The SMILES string of the molecule is CC(=O)N[C@H]1CSSC[C@@H](C(N)=O)NC(=O)C(CCCNC(=N)N)NC(=O)[C@H](Cc2c[nH]c3ccccc23)NC(=O)[C@@H](CC2CCCCC2)NC(=O)[C@@H]2CCCN2C1=O. The van der Waals surface area contributed by atoms with E-state index in [0.29, 0.717) is 19.3 Å². The molecule has 3 fully saturated rings. The number of aromatic nitrogens is 1. The molecular weight excluding hydrogens is 799 g/mol. The summed E-state index contributed by atoms with van der Waals surface area (Å²) in [6.07, 6.45) is 8.18. The molecule has 0 radical (unpaired) electrons. The van der Waals surface area contributed by atoms with Gasteiger partial charge in [0, 0.05) is 55.0 Å². The molecule has 3 heterocycles. The largest absolute Gasteiger partial charge is 0.370 e. The number of nitrogens with one attached hydrogen (secondary N) is 8. The molecule has 5 rings (SSSR count). The maximum atomic E-state index is 14.5. The van der Waals surface area contributed by atoms with E-state index in [2.05, 4.69) is 36.9 Å². The van der Waals surface area contributed by atoms with Gasteiger partial charge in [-0.2, -0.15) is 0 Å². The van der Waals surface area contributed by atoms with Crippen molar-refractivity contribution < 1.29 is 33.6 Å².